The molecule has 28 heavy (non-hydrogen) atoms. The lowest BCUT2D eigenvalue weighted by Crippen LogP contribution is -2.47. The maximum absolute atomic E-state index is 3.84. The second-order valence-electron chi connectivity index (χ2n) is 10.2. The number of nitrogens with one attached hydrogen (secondary N) is 4. The summed E-state index contributed by atoms with van der Waals surface area (Å²) in [6.07, 6.45) is 7.86. The van der Waals surface area contributed by atoms with Gasteiger partial charge in [0.1, 0.15) is 0 Å². The normalized spacial score (nSPS) is 23.6. The van der Waals surface area contributed by atoms with Gasteiger partial charge in [-0.05, 0) is 42.4 Å². The molecule has 4 nitrogen and oxygen atoms in total. The summed E-state index contributed by atoms with van der Waals surface area (Å²) >= 11 is 0. The third kappa shape index (κ3) is 12.8. The highest BCUT2D eigenvalue weighted by Crippen LogP contribution is 2.40. The van der Waals surface area contributed by atoms with E-state index < -0.39 is 0 Å². The van der Waals surface area contributed by atoms with Gasteiger partial charge in [0.25, 0.3) is 0 Å². The van der Waals surface area contributed by atoms with Gasteiger partial charge in [0.15, 0.2) is 0 Å². The molecule has 5 heteroatoms. The largest absolute Gasteiger partial charge is 0.314 e. The molecular weight excluding hydrogens is 359 g/mol. The molecule has 0 bridgehead atoms. The molecule has 1 fully saturated rings. The molecule has 1 aliphatic heterocycles. The average molecular weight is 410 g/mol. The molecule has 0 amide bonds. The quantitative estimate of drug-likeness (QED) is 0.441. The number of hydrogen-bond acceptors (Lipinski definition) is 4. The van der Waals surface area contributed by atoms with E-state index in [0.717, 1.165) is 51.7 Å². The highest BCUT2D eigenvalue weighted by atomic mass is 27.0. The topological polar surface area (TPSA) is 48.1 Å². The predicted molar refractivity (Wildman–Crippen MR) is 126 cm³/mol. The molecule has 3 unspecified atom stereocenters. The predicted octanol–water partition coefficient (Wildman–Crippen LogP) is 3.40. The van der Waals surface area contributed by atoms with E-state index in [2.05, 4.69) is 62.8 Å². The monoisotopic (exact) mass is 409 g/mol. The fraction of sp³-hybridized carbons (Fsp3) is 1.00. The van der Waals surface area contributed by atoms with Crippen LogP contribution in [0.25, 0.3) is 0 Å². The van der Waals surface area contributed by atoms with Crippen molar-refractivity contribution in [3.05, 3.63) is 0 Å². The third-order valence-electron chi connectivity index (χ3n) is 6.37. The minimum absolute atomic E-state index is 0. The molecule has 0 aromatic heterocycles. The van der Waals surface area contributed by atoms with Crippen LogP contribution >= 0.6 is 0 Å². The first-order valence-corrected chi connectivity index (χ1v) is 11.7. The highest BCUT2D eigenvalue weighted by Gasteiger charge is 2.31. The Morgan fingerprint density at radius 1 is 0.857 bits per heavy atom. The molecule has 0 saturated carbocycles. The van der Waals surface area contributed by atoms with Gasteiger partial charge in [-0.15, -0.1) is 0 Å². The van der Waals surface area contributed by atoms with Crippen molar-refractivity contribution in [1.82, 2.24) is 21.3 Å². The summed E-state index contributed by atoms with van der Waals surface area (Å²) in [6.45, 7) is 22.0. The van der Waals surface area contributed by atoms with Crippen LogP contribution in [0.1, 0.15) is 80.1 Å². The second-order valence-corrected chi connectivity index (χ2v) is 10.2. The van der Waals surface area contributed by atoms with Crippen molar-refractivity contribution in [3.8, 4) is 0 Å². The van der Waals surface area contributed by atoms with Crippen LogP contribution in [-0.4, -0.2) is 69.2 Å². The second kappa shape index (κ2) is 15.2. The van der Waals surface area contributed by atoms with Crippen LogP contribution in [0.4, 0.5) is 0 Å². The van der Waals surface area contributed by atoms with E-state index >= 15 is 0 Å². The van der Waals surface area contributed by atoms with Gasteiger partial charge in [0, 0.05) is 69.2 Å². The molecule has 1 rings (SSSR count). The molecule has 1 aliphatic rings. The number of rotatable bonds is 9. The molecular formula is C23H50AlN4. The first-order valence-electron chi connectivity index (χ1n) is 11.7. The minimum atomic E-state index is 0. The van der Waals surface area contributed by atoms with Crippen LogP contribution in [0.15, 0.2) is 0 Å². The van der Waals surface area contributed by atoms with Crippen LogP contribution < -0.4 is 21.3 Å². The summed E-state index contributed by atoms with van der Waals surface area (Å²) in [5.74, 6) is 0.793. The lowest BCUT2D eigenvalue weighted by atomic mass is 9.70. The van der Waals surface area contributed by atoms with Crippen molar-refractivity contribution in [2.75, 3.05) is 45.8 Å². The Hall–Kier alpha value is 0.372. The molecule has 3 atom stereocenters. The molecule has 0 aliphatic carbocycles. The van der Waals surface area contributed by atoms with Gasteiger partial charge < -0.3 is 21.3 Å². The van der Waals surface area contributed by atoms with Crippen LogP contribution in [0.2, 0.25) is 0 Å². The van der Waals surface area contributed by atoms with Gasteiger partial charge in [0.2, 0.25) is 0 Å². The van der Waals surface area contributed by atoms with Crippen molar-refractivity contribution in [3.63, 3.8) is 0 Å². The Labute approximate surface area is 187 Å². The standard InChI is InChI=1S/C23H50N4.Al/c1-7-9-23(6,17-20(3)16-22(4,5)8-2)18-21-19-26-13-12-24-10-11-25-14-15-27-21;/h20-21,24-27H,7-19H2,1-6H3;. The SMILES string of the molecule is CCCC(C)(CC(C)CC(C)(C)CC)CC1CNCCNCCNCCN1.[Al]. The summed E-state index contributed by atoms with van der Waals surface area (Å²) in [5.41, 5.74) is 0.901. The summed E-state index contributed by atoms with van der Waals surface area (Å²) in [4.78, 5) is 0. The van der Waals surface area contributed by atoms with Crippen molar-refractivity contribution >= 4 is 17.4 Å². The smallest absolute Gasteiger partial charge is 0.0198 e. The first-order chi connectivity index (χ1) is 12.8. The van der Waals surface area contributed by atoms with E-state index in [1.165, 1.54) is 38.5 Å². The zero-order valence-corrected chi connectivity index (χ0v) is 21.1. The molecule has 3 radical (unpaired) electrons. The fourth-order valence-electron chi connectivity index (χ4n) is 4.95. The van der Waals surface area contributed by atoms with Gasteiger partial charge in [-0.3, -0.25) is 0 Å². The Balaban J connectivity index is 0.00000729. The molecule has 1 heterocycles. The van der Waals surface area contributed by atoms with E-state index in [-0.39, 0.29) is 17.4 Å². The molecule has 0 spiro atoms. The summed E-state index contributed by atoms with van der Waals surface area (Å²) in [7, 11) is 0. The fourth-order valence-corrected chi connectivity index (χ4v) is 4.95. The van der Waals surface area contributed by atoms with Crippen LogP contribution in [0.3, 0.4) is 0 Å². The zero-order valence-electron chi connectivity index (χ0n) is 19.9. The maximum Gasteiger partial charge on any atom is 0.0198 e. The maximum atomic E-state index is 3.84. The lowest BCUT2D eigenvalue weighted by molar-refractivity contribution is 0.151. The van der Waals surface area contributed by atoms with E-state index in [0.29, 0.717) is 16.9 Å². The van der Waals surface area contributed by atoms with Gasteiger partial charge >= 0.3 is 0 Å². The van der Waals surface area contributed by atoms with E-state index in [1.807, 2.05) is 0 Å². The van der Waals surface area contributed by atoms with Gasteiger partial charge in [-0.25, -0.2) is 0 Å². The Morgan fingerprint density at radius 3 is 2.00 bits per heavy atom. The van der Waals surface area contributed by atoms with Crippen molar-refractivity contribution < 1.29 is 0 Å². The highest BCUT2D eigenvalue weighted by molar-refractivity contribution is 5.75. The van der Waals surface area contributed by atoms with Gasteiger partial charge in [-0.2, -0.15) is 0 Å². The van der Waals surface area contributed by atoms with Crippen LogP contribution in [0.5, 0.6) is 0 Å². The summed E-state index contributed by atoms with van der Waals surface area (Å²) in [6, 6.07) is 0.564. The van der Waals surface area contributed by atoms with E-state index in [1.54, 1.807) is 0 Å². The van der Waals surface area contributed by atoms with Crippen molar-refractivity contribution in [2.24, 2.45) is 16.7 Å². The van der Waals surface area contributed by atoms with Crippen molar-refractivity contribution in [2.45, 2.75) is 86.1 Å². The van der Waals surface area contributed by atoms with E-state index in [4.69, 9.17) is 0 Å². The van der Waals surface area contributed by atoms with Crippen LogP contribution in [0, 0.1) is 16.7 Å². The Bertz CT molecular complexity index is 366. The first kappa shape index (κ1) is 28.4. The zero-order chi connectivity index (χ0) is 20.2. The lowest BCUT2D eigenvalue weighted by Gasteiger charge is -2.38. The van der Waals surface area contributed by atoms with Crippen molar-refractivity contribution in [1.29, 1.82) is 0 Å². The minimum Gasteiger partial charge on any atom is -0.314 e. The Morgan fingerprint density at radius 2 is 1.43 bits per heavy atom. The van der Waals surface area contributed by atoms with E-state index in [9.17, 15) is 0 Å². The average Bonchev–Trinajstić information content (AvgIpc) is 2.56. The molecule has 0 aromatic rings. The molecule has 1 saturated heterocycles. The van der Waals surface area contributed by atoms with Crippen LogP contribution in [-0.2, 0) is 0 Å². The van der Waals surface area contributed by atoms with Gasteiger partial charge in [-0.1, -0.05) is 54.4 Å². The summed E-state index contributed by atoms with van der Waals surface area (Å²) in [5, 5.41) is 14.5. The Kier molecular flexibility index (Phi) is 15.4. The van der Waals surface area contributed by atoms with Gasteiger partial charge in [0.05, 0.1) is 0 Å². The molecule has 0 aromatic carbocycles. The third-order valence-corrected chi connectivity index (χ3v) is 6.37. The number of hydrogen-bond donors (Lipinski definition) is 4. The molecule has 4 N–H and O–H groups in total. The summed E-state index contributed by atoms with van der Waals surface area (Å²) < 4.78 is 0. The molecule has 165 valence electrons.